The van der Waals surface area contributed by atoms with Crippen LogP contribution in [-0.4, -0.2) is 29.4 Å². The monoisotopic (exact) mass is 260 g/mol. The molecule has 2 N–H and O–H groups in total. The number of hydrogen-bond acceptors (Lipinski definition) is 2. The summed E-state index contributed by atoms with van der Waals surface area (Å²) in [5, 5.41) is 0. The molecular formula is C13H25ClN2O. The van der Waals surface area contributed by atoms with Gasteiger partial charge >= 0.3 is 0 Å². The average molecular weight is 261 g/mol. The smallest absolute Gasteiger partial charge is 0.223 e. The fourth-order valence-corrected chi connectivity index (χ4v) is 3.52. The van der Waals surface area contributed by atoms with Crippen molar-refractivity contribution in [2.75, 3.05) is 6.54 Å². The van der Waals surface area contributed by atoms with Gasteiger partial charge in [-0.1, -0.05) is 12.8 Å². The van der Waals surface area contributed by atoms with Crippen LogP contribution in [0.4, 0.5) is 0 Å². The molecule has 3 atom stereocenters. The van der Waals surface area contributed by atoms with Gasteiger partial charge in [-0.05, 0) is 45.1 Å². The van der Waals surface area contributed by atoms with Gasteiger partial charge < -0.3 is 10.6 Å². The van der Waals surface area contributed by atoms with Crippen molar-refractivity contribution in [3.05, 3.63) is 0 Å². The number of nitrogens with zero attached hydrogens (tertiary/aromatic N) is 1. The Labute approximate surface area is 111 Å². The zero-order valence-electron chi connectivity index (χ0n) is 10.7. The maximum absolute atomic E-state index is 12.1. The number of fused-ring (bicyclic) bond motifs is 1. The first-order valence-electron chi connectivity index (χ1n) is 6.75. The summed E-state index contributed by atoms with van der Waals surface area (Å²) in [6, 6.07) is 1.01. The predicted octanol–water partition coefficient (Wildman–Crippen LogP) is 2.33. The molecule has 1 amide bonds. The lowest BCUT2D eigenvalue weighted by atomic mass is 9.85. The van der Waals surface area contributed by atoms with Crippen LogP contribution in [0.25, 0.3) is 0 Å². The van der Waals surface area contributed by atoms with E-state index in [1.165, 1.54) is 32.1 Å². The molecule has 0 aromatic carbocycles. The molecule has 3 unspecified atom stereocenters. The second-order valence-corrected chi connectivity index (χ2v) is 5.39. The van der Waals surface area contributed by atoms with E-state index in [0.717, 1.165) is 12.3 Å². The lowest BCUT2D eigenvalue weighted by Gasteiger charge is -2.33. The van der Waals surface area contributed by atoms with Gasteiger partial charge in [-0.25, -0.2) is 0 Å². The molecule has 1 saturated carbocycles. The van der Waals surface area contributed by atoms with Crippen molar-refractivity contribution in [3.63, 3.8) is 0 Å². The second-order valence-electron chi connectivity index (χ2n) is 5.39. The van der Waals surface area contributed by atoms with Crippen LogP contribution in [0.15, 0.2) is 0 Å². The Hall–Kier alpha value is -0.280. The van der Waals surface area contributed by atoms with Crippen LogP contribution in [0.3, 0.4) is 0 Å². The van der Waals surface area contributed by atoms with Gasteiger partial charge in [0.1, 0.15) is 0 Å². The van der Waals surface area contributed by atoms with Gasteiger partial charge in [0.05, 0.1) is 0 Å². The highest BCUT2D eigenvalue weighted by atomic mass is 35.5. The Morgan fingerprint density at radius 2 is 2.06 bits per heavy atom. The predicted molar refractivity (Wildman–Crippen MR) is 72.2 cm³/mol. The molecule has 1 aliphatic carbocycles. The van der Waals surface area contributed by atoms with E-state index in [4.69, 9.17) is 5.73 Å². The zero-order valence-corrected chi connectivity index (χ0v) is 11.5. The fraction of sp³-hybridized carbons (Fsp3) is 0.923. The number of rotatable bonds is 3. The summed E-state index contributed by atoms with van der Waals surface area (Å²) < 4.78 is 0. The first-order chi connectivity index (χ1) is 7.74. The maximum Gasteiger partial charge on any atom is 0.223 e. The summed E-state index contributed by atoms with van der Waals surface area (Å²) in [6.07, 6.45) is 7.91. The zero-order chi connectivity index (χ0) is 11.5. The molecule has 1 aliphatic heterocycles. The molecule has 1 heterocycles. The lowest BCUT2D eigenvalue weighted by Crippen LogP contribution is -2.42. The third kappa shape index (κ3) is 3.14. The van der Waals surface area contributed by atoms with E-state index in [-0.39, 0.29) is 12.4 Å². The summed E-state index contributed by atoms with van der Waals surface area (Å²) in [7, 11) is 0. The first-order valence-corrected chi connectivity index (χ1v) is 6.75. The molecule has 0 aromatic heterocycles. The quantitative estimate of drug-likeness (QED) is 0.847. The maximum atomic E-state index is 12.1. The largest absolute Gasteiger partial charge is 0.337 e. The SMILES string of the molecule is CC1CC2CCCCC2N1C(=O)CCCN.Cl. The Balaban J connectivity index is 0.00000144. The third-order valence-corrected chi connectivity index (χ3v) is 4.23. The Kier molecular flexibility index (Phi) is 5.74. The van der Waals surface area contributed by atoms with Crippen molar-refractivity contribution in [2.45, 2.75) is 64.0 Å². The van der Waals surface area contributed by atoms with Gasteiger partial charge in [-0.15, -0.1) is 12.4 Å². The van der Waals surface area contributed by atoms with Crippen molar-refractivity contribution < 1.29 is 4.79 Å². The van der Waals surface area contributed by atoms with Gasteiger partial charge in [0.25, 0.3) is 0 Å². The van der Waals surface area contributed by atoms with Gasteiger partial charge in [-0.3, -0.25) is 4.79 Å². The van der Waals surface area contributed by atoms with Crippen molar-refractivity contribution in [2.24, 2.45) is 11.7 Å². The number of amides is 1. The van der Waals surface area contributed by atoms with Crippen LogP contribution in [0.5, 0.6) is 0 Å². The summed E-state index contributed by atoms with van der Waals surface area (Å²) in [4.78, 5) is 14.3. The average Bonchev–Trinajstić information content (AvgIpc) is 2.62. The van der Waals surface area contributed by atoms with Crippen LogP contribution < -0.4 is 5.73 Å². The van der Waals surface area contributed by atoms with Gasteiger partial charge in [0.2, 0.25) is 5.91 Å². The Bertz CT molecular complexity index is 260. The normalized spacial score (nSPS) is 31.9. The number of nitrogens with two attached hydrogens (primary N) is 1. The van der Waals surface area contributed by atoms with Crippen LogP contribution in [0.1, 0.15) is 51.9 Å². The van der Waals surface area contributed by atoms with E-state index in [2.05, 4.69) is 11.8 Å². The first kappa shape index (κ1) is 14.8. The van der Waals surface area contributed by atoms with Gasteiger partial charge in [0.15, 0.2) is 0 Å². The van der Waals surface area contributed by atoms with Gasteiger partial charge in [-0.2, -0.15) is 0 Å². The molecule has 2 rings (SSSR count). The number of halogens is 1. The molecule has 0 spiro atoms. The minimum absolute atomic E-state index is 0. The third-order valence-electron chi connectivity index (χ3n) is 4.23. The van der Waals surface area contributed by atoms with E-state index in [1.807, 2.05) is 0 Å². The second kappa shape index (κ2) is 6.60. The molecule has 2 aliphatic rings. The van der Waals surface area contributed by atoms with E-state index in [9.17, 15) is 4.79 Å². The minimum atomic E-state index is 0. The summed E-state index contributed by atoms with van der Waals surface area (Å²) in [5.74, 6) is 1.12. The van der Waals surface area contributed by atoms with Crippen LogP contribution in [0, 0.1) is 5.92 Å². The van der Waals surface area contributed by atoms with Crippen LogP contribution in [-0.2, 0) is 4.79 Å². The van der Waals surface area contributed by atoms with Gasteiger partial charge in [0, 0.05) is 18.5 Å². The van der Waals surface area contributed by atoms with Crippen molar-refractivity contribution in [3.8, 4) is 0 Å². The summed E-state index contributed by atoms with van der Waals surface area (Å²) in [5.41, 5.74) is 5.47. The van der Waals surface area contributed by atoms with Crippen LogP contribution in [0.2, 0.25) is 0 Å². The minimum Gasteiger partial charge on any atom is -0.337 e. The Morgan fingerprint density at radius 3 is 2.76 bits per heavy atom. The molecule has 0 radical (unpaired) electrons. The molecule has 0 bridgehead atoms. The standard InChI is InChI=1S/C13H24N2O.ClH/c1-10-9-11-5-2-3-6-12(11)15(10)13(16)7-4-8-14;/h10-12H,2-9,14H2,1H3;1H. The van der Waals surface area contributed by atoms with Crippen LogP contribution >= 0.6 is 12.4 Å². The number of carbonyl (C=O) groups is 1. The van der Waals surface area contributed by atoms with E-state index in [0.29, 0.717) is 31.0 Å². The highest BCUT2D eigenvalue weighted by molar-refractivity contribution is 5.85. The Morgan fingerprint density at radius 1 is 1.35 bits per heavy atom. The molecule has 4 heteroatoms. The van der Waals surface area contributed by atoms with E-state index in [1.54, 1.807) is 0 Å². The number of carbonyl (C=O) groups excluding carboxylic acids is 1. The highest BCUT2D eigenvalue weighted by Crippen LogP contribution is 2.39. The molecule has 100 valence electrons. The lowest BCUT2D eigenvalue weighted by molar-refractivity contribution is -0.134. The van der Waals surface area contributed by atoms with Crippen molar-refractivity contribution >= 4 is 18.3 Å². The van der Waals surface area contributed by atoms with Crippen molar-refractivity contribution in [1.82, 2.24) is 4.90 Å². The number of hydrogen-bond donors (Lipinski definition) is 1. The molecule has 2 fully saturated rings. The fourth-order valence-electron chi connectivity index (χ4n) is 3.52. The topological polar surface area (TPSA) is 46.3 Å². The summed E-state index contributed by atoms with van der Waals surface area (Å²) >= 11 is 0. The molecule has 1 saturated heterocycles. The number of likely N-dealkylation sites (tertiary alicyclic amines) is 1. The highest BCUT2D eigenvalue weighted by Gasteiger charge is 2.41. The molecular weight excluding hydrogens is 236 g/mol. The van der Waals surface area contributed by atoms with E-state index >= 15 is 0 Å². The molecule has 0 aromatic rings. The van der Waals surface area contributed by atoms with E-state index < -0.39 is 0 Å². The molecule has 17 heavy (non-hydrogen) atoms. The van der Waals surface area contributed by atoms with Crippen molar-refractivity contribution in [1.29, 1.82) is 0 Å². The molecule has 3 nitrogen and oxygen atoms in total. The summed E-state index contributed by atoms with van der Waals surface area (Å²) in [6.45, 7) is 2.83.